The fraction of sp³-hybridized carbons (Fsp3) is 0.471. The number of nitrogens with one attached hydrogen (secondary N) is 1. The summed E-state index contributed by atoms with van der Waals surface area (Å²) in [5.41, 5.74) is 7.16. The van der Waals surface area contributed by atoms with Gasteiger partial charge >= 0.3 is 0 Å². The summed E-state index contributed by atoms with van der Waals surface area (Å²) in [5, 5.41) is 7.03. The Kier molecular flexibility index (Phi) is 4.43. The predicted molar refractivity (Wildman–Crippen MR) is 85.7 cm³/mol. The number of rotatable bonds is 6. The Morgan fingerprint density at radius 1 is 1.35 bits per heavy atom. The van der Waals surface area contributed by atoms with Crippen LogP contribution in [0.25, 0.3) is 0 Å². The highest BCUT2D eigenvalue weighted by Gasteiger charge is 2.31. The zero-order valence-electron chi connectivity index (χ0n) is 13.5. The lowest BCUT2D eigenvalue weighted by atomic mass is 10.0. The quantitative estimate of drug-likeness (QED) is 0.854. The molecule has 1 heterocycles. The van der Waals surface area contributed by atoms with Gasteiger partial charge in [-0.05, 0) is 36.5 Å². The molecule has 1 unspecified atom stereocenters. The number of carbonyl (C=O) groups excluding carboxylic acids is 1. The molecule has 23 heavy (non-hydrogen) atoms. The summed E-state index contributed by atoms with van der Waals surface area (Å²) in [6.45, 7) is 4.50. The van der Waals surface area contributed by atoms with Gasteiger partial charge < -0.3 is 15.6 Å². The van der Waals surface area contributed by atoms with Gasteiger partial charge in [0.15, 0.2) is 5.82 Å². The molecule has 2 aromatic rings. The lowest BCUT2D eigenvalue weighted by Crippen LogP contribution is -2.32. The Balaban J connectivity index is 1.73. The number of nitrogens with two attached hydrogens (primary N) is 1. The number of amides is 1. The smallest absolute Gasteiger partial charge is 0.251 e. The number of aromatic nitrogens is 2. The standard InChI is InChI=1S/C17H22N4O2/c1-10(2)14(17-20-15(21-23-17)12-7-8-12)19-16(22)13-5-3-11(9-18)4-6-13/h3-6,10,12,14H,7-9,18H2,1-2H3,(H,19,22). The first-order chi connectivity index (χ1) is 11.1. The SMILES string of the molecule is CC(C)C(NC(=O)c1ccc(CN)cc1)c1nc(C2CC2)no1. The molecule has 1 amide bonds. The molecule has 0 bridgehead atoms. The molecule has 3 N–H and O–H groups in total. The zero-order valence-corrected chi connectivity index (χ0v) is 13.5. The van der Waals surface area contributed by atoms with Crippen molar-refractivity contribution in [3.63, 3.8) is 0 Å². The Morgan fingerprint density at radius 3 is 2.61 bits per heavy atom. The van der Waals surface area contributed by atoms with E-state index in [0.717, 1.165) is 24.2 Å². The van der Waals surface area contributed by atoms with Crippen LogP contribution in [0.1, 0.15) is 66.3 Å². The van der Waals surface area contributed by atoms with Crippen molar-refractivity contribution in [2.24, 2.45) is 11.7 Å². The molecular weight excluding hydrogens is 292 g/mol. The van der Waals surface area contributed by atoms with E-state index >= 15 is 0 Å². The summed E-state index contributed by atoms with van der Waals surface area (Å²) in [4.78, 5) is 16.9. The maximum Gasteiger partial charge on any atom is 0.251 e. The first kappa shape index (κ1) is 15.7. The molecule has 0 saturated heterocycles. The van der Waals surface area contributed by atoms with Crippen molar-refractivity contribution < 1.29 is 9.32 Å². The number of benzene rings is 1. The molecule has 1 saturated carbocycles. The van der Waals surface area contributed by atoms with Crippen molar-refractivity contribution in [1.82, 2.24) is 15.5 Å². The Labute approximate surface area is 135 Å². The monoisotopic (exact) mass is 314 g/mol. The molecule has 0 radical (unpaired) electrons. The minimum atomic E-state index is -0.295. The minimum absolute atomic E-state index is 0.148. The van der Waals surface area contributed by atoms with E-state index in [1.165, 1.54) is 0 Å². The third kappa shape index (κ3) is 3.59. The largest absolute Gasteiger partial charge is 0.340 e. The van der Waals surface area contributed by atoms with Gasteiger partial charge in [0, 0.05) is 18.0 Å². The van der Waals surface area contributed by atoms with Crippen molar-refractivity contribution in [3.05, 3.63) is 47.1 Å². The molecule has 1 atom stereocenters. The molecular formula is C17H22N4O2. The molecule has 0 aliphatic heterocycles. The summed E-state index contributed by atoms with van der Waals surface area (Å²) in [5.74, 6) is 1.66. The molecule has 122 valence electrons. The van der Waals surface area contributed by atoms with Crippen LogP contribution in [0.5, 0.6) is 0 Å². The average molecular weight is 314 g/mol. The second-order valence-corrected chi connectivity index (χ2v) is 6.36. The lowest BCUT2D eigenvalue weighted by molar-refractivity contribution is 0.0914. The molecule has 6 nitrogen and oxygen atoms in total. The third-order valence-electron chi connectivity index (χ3n) is 4.07. The van der Waals surface area contributed by atoms with E-state index in [1.54, 1.807) is 12.1 Å². The van der Waals surface area contributed by atoms with E-state index < -0.39 is 0 Å². The minimum Gasteiger partial charge on any atom is -0.340 e. The van der Waals surface area contributed by atoms with E-state index in [0.29, 0.717) is 23.9 Å². The van der Waals surface area contributed by atoms with Crippen LogP contribution in [0.3, 0.4) is 0 Å². The zero-order chi connectivity index (χ0) is 16.4. The van der Waals surface area contributed by atoms with Crippen LogP contribution in [-0.4, -0.2) is 16.0 Å². The van der Waals surface area contributed by atoms with E-state index in [2.05, 4.69) is 15.5 Å². The molecule has 3 rings (SSSR count). The van der Waals surface area contributed by atoms with Crippen LogP contribution in [0.4, 0.5) is 0 Å². The number of hydrogen-bond acceptors (Lipinski definition) is 5. The molecule has 1 fully saturated rings. The summed E-state index contributed by atoms with van der Waals surface area (Å²) >= 11 is 0. The van der Waals surface area contributed by atoms with Gasteiger partial charge in [0.05, 0.1) is 0 Å². The summed E-state index contributed by atoms with van der Waals surface area (Å²) < 4.78 is 5.37. The van der Waals surface area contributed by atoms with Gasteiger partial charge in [0.25, 0.3) is 5.91 Å². The van der Waals surface area contributed by atoms with Gasteiger partial charge in [-0.1, -0.05) is 31.1 Å². The highest BCUT2D eigenvalue weighted by atomic mass is 16.5. The van der Waals surface area contributed by atoms with Crippen molar-refractivity contribution >= 4 is 5.91 Å². The van der Waals surface area contributed by atoms with Crippen molar-refractivity contribution in [3.8, 4) is 0 Å². The van der Waals surface area contributed by atoms with Crippen LogP contribution < -0.4 is 11.1 Å². The predicted octanol–water partition coefficient (Wildman–Crippen LogP) is 2.53. The fourth-order valence-corrected chi connectivity index (χ4v) is 2.41. The van der Waals surface area contributed by atoms with Gasteiger partial charge in [-0.25, -0.2) is 0 Å². The van der Waals surface area contributed by atoms with Gasteiger partial charge in [0.2, 0.25) is 5.89 Å². The molecule has 1 aliphatic carbocycles. The molecule has 1 aromatic heterocycles. The van der Waals surface area contributed by atoms with Crippen LogP contribution in [0.15, 0.2) is 28.8 Å². The summed E-state index contributed by atoms with van der Waals surface area (Å²) in [7, 11) is 0. The van der Waals surface area contributed by atoms with Gasteiger partial charge in [-0.2, -0.15) is 4.98 Å². The van der Waals surface area contributed by atoms with Crippen molar-refractivity contribution in [2.75, 3.05) is 0 Å². The highest BCUT2D eigenvalue weighted by Crippen LogP contribution is 2.38. The van der Waals surface area contributed by atoms with Crippen molar-refractivity contribution in [1.29, 1.82) is 0 Å². The van der Waals surface area contributed by atoms with Crippen LogP contribution in [0, 0.1) is 5.92 Å². The van der Waals surface area contributed by atoms with Crippen molar-refractivity contribution in [2.45, 2.75) is 45.2 Å². The second kappa shape index (κ2) is 6.50. The highest BCUT2D eigenvalue weighted by molar-refractivity contribution is 5.94. The van der Waals surface area contributed by atoms with Crippen LogP contribution in [0.2, 0.25) is 0 Å². The molecule has 0 spiro atoms. The number of hydrogen-bond donors (Lipinski definition) is 2. The lowest BCUT2D eigenvalue weighted by Gasteiger charge is -2.18. The van der Waals surface area contributed by atoms with E-state index in [9.17, 15) is 4.79 Å². The first-order valence-electron chi connectivity index (χ1n) is 8.02. The maximum atomic E-state index is 12.5. The average Bonchev–Trinajstić information content (AvgIpc) is 3.30. The fourth-order valence-electron chi connectivity index (χ4n) is 2.41. The molecule has 1 aliphatic rings. The molecule has 6 heteroatoms. The topological polar surface area (TPSA) is 94.0 Å². The van der Waals surface area contributed by atoms with Gasteiger partial charge in [-0.3, -0.25) is 4.79 Å². The Hall–Kier alpha value is -2.21. The van der Waals surface area contributed by atoms with E-state index in [4.69, 9.17) is 10.3 Å². The number of carbonyl (C=O) groups is 1. The normalized spacial score (nSPS) is 15.7. The third-order valence-corrected chi connectivity index (χ3v) is 4.07. The Morgan fingerprint density at radius 2 is 2.04 bits per heavy atom. The van der Waals surface area contributed by atoms with Crippen LogP contribution >= 0.6 is 0 Å². The summed E-state index contributed by atoms with van der Waals surface area (Å²) in [6.07, 6.45) is 2.23. The molecule has 1 aromatic carbocycles. The van der Waals surface area contributed by atoms with Gasteiger partial charge in [-0.15, -0.1) is 0 Å². The van der Waals surface area contributed by atoms with E-state index in [1.807, 2.05) is 26.0 Å². The second-order valence-electron chi connectivity index (χ2n) is 6.36. The van der Waals surface area contributed by atoms with E-state index in [-0.39, 0.29) is 17.9 Å². The first-order valence-corrected chi connectivity index (χ1v) is 8.02. The number of nitrogens with zero attached hydrogens (tertiary/aromatic N) is 2. The maximum absolute atomic E-state index is 12.5. The Bertz CT molecular complexity index is 674. The summed E-state index contributed by atoms with van der Waals surface area (Å²) in [6, 6.07) is 6.97. The van der Waals surface area contributed by atoms with Gasteiger partial charge in [0.1, 0.15) is 6.04 Å². The van der Waals surface area contributed by atoms with Crippen LogP contribution in [-0.2, 0) is 6.54 Å².